The minimum absolute atomic E-state index is 0.0470. The maximum absolute atomic E-state index is 11.8. The molecule has 1 atom stereocenters. The van der Waals surface area contributed by atoms with E-state index in [-0.39, 0.29) is 6.61 Å². The molecule has 0 amide bonds. The molecule has 1 aromatic carbocycles. The van der Waals surface area contributed by atoms with E-state index in [0.29, 0.717) is 6.61 Å². The summed E-state index contributed by atoms with van der Waals surface area (Å²) < 4.78 is 16.9. The molecule has 0 aliphatic heterocycles. The fraction of sp³-hybridized carbons (Fsp3) is 0.400. The van der Waals surface area contributed by atoms with E-state index in [1.54, 1.807) is 0 Å². The number of rotatable bonds is 5. The maximum atomic E-state index is 11.8. The summed E-state index contributed by atoms with van der Waals surface area (Å²) in [5, 5.41) is 8.84. The van der Waals surface area contributed by atoms with Crippen molar-refractivity contribution < 1.29 is 14.2 Å². The number of hydrogen-bond acceptors (Lipinski definition) is 2. The van der Waals surface area contributed by atoms with Gasteiger partial charge in [-0.15, -0.1) is 0 Å². The van der Waals surface area contributed by atoms with E-state index in [9.17, 15) is 4.39 Å². The number of ether oxygens (including phenoxy) is 1. The van der Waals surface area contributed by atoms with Crippen LogP contribution in [0.4, 0.5) is 4.39 Å². The Morgan fingerprint density at radius 3 is 2.62 bits per heavy atom. The maximum Gasteiger partial charge on any atom is 0.118 e. The first-order valence-corrected chi connectivity index (χ1v) is 4.18. The van der Waals surface area contributed by atoms with Crippen LogP contribution in [0.2, 0.25) is 0 Å². The van der Waals surface area contributed by atoms with Gasteiger partial charge < -0.3 is 9.84 Å². The molecule has 2 nitrogen and oxygen atoms in total. The molecule has 1 unspecified atom stereocenters. The van der Waals surface area contributed by atoms with Crippen LogP contribution in [0.1, 0.15) is 5.56 Å². The third-order valence-electron chi connectivity index (χ3n) is 1.60. The van der Waals surface area contributed by atoms with Crippen molar-refractivity contribution >= 4 is 0 Å². The Bertz CT molecular complexity index is 226. The quantitative estimate of drug-likeness (QED) is 0.752. The molecule has 0 saturated heterocycles. The summed E-state index contributed by atoms with van der Waals surface area (Å²) in [5.74, 6) is 0. The SMILES string of the molecule is OC(CF)COCc1ccccc1. The highest BCUT2D eigenvalue weighted by molar-refractivity contribution is 5.13. The van der Waals surface area contributed by atoms with Crippen molar-refractivity contribution in [3.63, 3.8) is 0 Å². The number of halogens is 1. The van der Waals surface area contributed by atoms with Crippen molar-refractivity contribution in [3.8, 4) is 0 Å². The Hall–Kier alpha value is -0.930. The lowest BCUT2D eigenvalue weighted by Crippen LogP contribution is -2.16. The Morgan fingerprint density at radius 2 is 2.00 bits per heavy atom. The van der Waals surface area contributed by atoms with Crippen LogP contribution >= 0.6 is 0 Å². The third-order valence-corrected chi connectivity index (χ3v) is 1.60. The molecular formula is C10H13FO2. The second-order valence-corrected chi connectivity index (χ2v) is 2.81. The molecule has 0 bridgehead atoms. The lowest BCUT2D eigenvalue weighted by Gasteiger charge is -2.06. The molecule has 1 N–H and O–H groups in total. The average Bonchev–Trinajstić information content (AvgIpc) is 2.19. The van der Waals surface area contributed by atoms with Crippen LogP contribution in [0, 0.1) is 0 Å². The predicted molar refractivity (Wildman–Crippen MR) is 48.1 cm³/mol. The number of alkyl halides is 1. The Kier molecular flexibility index (Phi) is 4.43. The van der Waals surface area contributed by atoms with E-state index in [0.717, 1.165) is 5.56 Å². The average molecular weight is 184 g/mol. The van der Waals surface area contributed by atoms with E-state index in [4.69, 9.17) is 9.84 Å². The molecule has 0 spiro atoms. The van der Waals surface area contributed by atoms with Crippen molar-refractivity contribution in [1.29, 1.82) is 0 Å². The predicted octanol–water partition coefficient (Wildman–Crippen LogP) is 1.53. The van der Waals surface area contributed by atoms with Gasteiger partial charge in [-0.05, 0) is 5.56 Å². The molecule has 72 valence electrons. The van der Waals surface area contributed by atoms with E-state index >= 15 is 0 Å². The Morgan fingerprint density at radius 1 is 1.31 bits per heavy atom. The first kappa shape index (κ1) is 10.2. The fourth-order valence-electron chi connectivity index (χ4n) is 0.932. The highest BCUT2D eigenvalue weighted by atomic mass is 19.1. The Balaban J connectivity index is 2.20. The highest BCUT2D eigenvalue weighted by Gasteiger charge is 2.02. The summed E-state index contributed by atoms with van der Waals surface area (Å²) in [6.07, 6.45) is -0.997. The third kappa shape index (κ3) is 4.01. The summed E-state index contributed by atoms with van der Waals surface area (Å²) in [6.45, 7) is -0.294. The Labute approximate surface area is 77.0 Å². The molecule has 1 aromatic rings. The van der Waals surface area contributed by atoms with Gasteiger partial charge in [-0.25, -0.2) is 4.39 Å². The molecule has 0 fully saturated rings. The van der Waals surface area contributed by atoms with Crippen molar-refractivity contribution in [3.05, 3.63) is 35.9 Å². The standard InChI is InChI=1S/C10H13FO2/c11-6-10(12)8-13-7-9-4-2-1-3-5-9/h1-5,10,12H,6-8H2. The molecule has 0 heterocycles. The fourth-order valence-corrected chi connectivity index (χ4v) is 0.932. The first-order valence-electron chi connectivity index (χ1n) is 4.18. The largest absolute Gasteiger partial charge is 0.388 e. The summed E-state index contributed by atoms with van der Waals surface area (Å²) in [5.41, 5.74) is 1.02. The topological polar surface area (TPSA) is 29.5 Å². The monoisotopic (exact) mass is 184 g/mol. The van der Waals surface area contributed by atoms with Crippen LogP contribution in [0.5, 0.6) is 0 Å². The molecule has 13 heavy (non-hydrogen) atoms. The van der Waals surface area contributed by atoms with Gasteiger partial charge in [0.05, 0.1) is 13.2 Å². The van der Waals surface area contributed by atoms with Gasteiger partial charge >= 0.3 is 0 Å². The minimum atomic E-state index is -0.997. The van der Waals surface area contributed by atoms with E-state index in [1.165, 1.54) is 0 Å². The van der Waals surface area contributed by atoms with Crippen molar-refractivity contribution in [1.82, 2.24) is 0 Å². The van der Waals surface area contributed by atoms with Gasteiger partial charge in [0.25, 0.3) is 0 Å². The highest BCUT2D eigenvalue weighted by Crippen LogP contribution is 2.00. The number of aliphatic hydroxyl groups excluding tert-OH is 1. The van der Waals surface area contributed by atoms with Gasteiger partial charge in [0, 0.05) is 0 Å². The smallest absolute Gasteiger partial charge is 0.118 e. The second kappa shape index (κ2) is 5.67. The van der Waals surface area contributed by atoms with Crippen molar-refractivity contribution in [2.24, 2.45) is 0 Å². The van der Waals surface area contributed by atoms with Gasteiger partial charge in [-0.2, -0.15) is 0 Å². The van der Waals surface area contributed by atoms with Gasteiger partial charge in [-0.1, -0.05) is 30.3 Å². The van der Waals surface area contributed by atoms with Crippen LogP contribution < -0.4 is 0 Å². The molecule has 0 aliphatic rings. The first-order chi connectivity index (χ1) is 6.33. The normalized spacial score (nSPS) is 12.8. The molecule has 0 radical (unpaired) electrons. The number of benzene rings is 1. The van der Waals surface area contributed by atoms with E-state index in [1.807, 2.05) is 30.3 Å². The summed E-state index contributed by atoms with van der Waals surface area (Å²) in [4.78, 5) is 0. The van der Waals surface area contributed by atoms with E-state index in [2.05, 4.69) is 0 Å². The summed E-state index contributed by atoms with van der Waals surface area (Å²) >= 11 is 0. The van der Waals surface area contributed by atoms with Crippen LogP contribution in [0.15, 0.2) is 30.3 Å². The zero-order valence-corrected chi connectivity index (χ0v) is 7.32. The van der Waals surface area contributed by atoms with Gasteiger partial charge in [-0.3, -0.25) is 0 Å². The van der Waals surface area contributed by atoms with Gasteiger partial charge in [0.15, 0.2) is 0 Å². The summed E-state index contributed by atoms with van der Waals surface area (Å²) in [7, 11) is 0. The second-order valence-electron chi connectivity index (χ2n) is 2.81. The molecule has 3 heteroatoms. The minimum Gasteiger partial charge on any atom is -0.388 e. The summed E-state index contributed by atoms with van der Waals surface area (Å²) in [6, 6.07) is 9.57. The van der Waals surface area contributed by atoms with Crippen LogP contribution in [-0.4, -0.2) is 24.5 Å². The zero-order valence-electron chi connectivity index (χ0n) is 7.32. The lowest BCUT2D eigenvalue weighted by molar-refractivity contribution is 0.0168. The molecule has 0 saturated carbocycles. The zero-order chi connectivity index (χ0) is 9.52. The van der Waals surface area contributed by atoms with E-state index < -0.39 is 12.8 Å². The van der Waals surface area contributed by atoms with Crippen LogP contribution in [0.3, 0.4) is 0 Å². The van der Waals surface area contributed by atoms with Gasteiger partial charge in [0.1, 0.15) is 12.8 Å². The number of aliphatic hydroxyl groups is 1. The molecule has 1 rings (SSSR count). The molecule has 0 aliphatic carbocycles. The van der Waals surface area contributed by atoms with Crippen molar-refractivity contribution in [2.45, 2.75) is 12.7 Å². The molecule has 0 aromatic heterocycles. The van der Waals surface area contributed by atoms with Crippen molar-refractivity contribution in [2.75, 3.05) is 13.3 Å². The van der Waals surface area contributed by atoms with Crippen LogP contribution in [-0.2, 0) is 11.3 Å². The van der Waals surface area contributed by atoms with Crippen LogP contribution in [0.25, 0.3) is 0 Å². The molecular weight excluding hydrogens is 171 g/mol. The lowest BCUT2D eigenvalue weighted by atomic mass is 10.2. The number of hydrogen-bond donors (Lipinski definition) is 1. The van der Waals surface area contributed by atoms with Gasteiger partial charge in [0.2, 0.25) is 0 Å².